The maximum absolute atomic E-state index is 6.31. The van der Waals surface area contributed by atoms with Crippen LogP contribution < -0.4 is 9.64 Å². The predicted octanol–water partition coefficient (Wildman–Crippen LogP) is 2.89. The molecule has 0 radical (unpaired) electrons. The highest BCUT2D eigenvalue weighted by Gasteiger charge is 2.24. The molecule has 4 heterocycles. The fourth-order valence-corrected chi connectivity index (χ4v) is 3.71. The van der Waals surface area contributed by atoms with E-state index in [1.165, 1.54) is 0 Å². The molecule has 7 nitrogen and oxygen atoms in total. The maximum Gasteiger partial charge on any atom is 0.186 e. The van der Waals surface area contributed by atoms with Crippen molar-refractivity contribution in [3.05, 3.63) is 43.0 Å². The van der Waals surface area contributed by atoms with Gasteiger partial charge in [0.15, 0.2) is 5.65 Å². The number of aromatic amines is 1. The summed E-state index contributed by atoms with van der Waals surface area (Å²) in [5, 5.41) is 6.52. The molecule has 0 unspecified atom stereocenters. The number of H-pyrrole nitrogens is 1. The predicted molar refractivity (Wildman–Crippen MR) is 100 cm³/mol. The van der Waals surface area contributed by atoms with Crippen LogP contribution in [0.2, 0.25) is 0 Å². The van der Waals surface area contributed by atoms with Gasteiger partial charge in [-0.15, -0.1) is 0 Å². The molecule has 26 heavy (non-hydrogen) atoms. The second-order valence-corrected chi connectivity index (χ2v) is 6.74. The smallest absolute Gasteiger partial charge is 0.186 e. The van der Waals surface area contributed by atoms with Crippen molar-refractivity contribution in [1.82, 2.24) is 24.7 Å². The van der Waals surface area contributed by atoms with Crippen LogP contribution in [-0.2, 0) is 7.05 Å². The number of aryl methyl sites for hydroxylation is 1. The molecule has 1 saturated heterocycles. The van der Waals surface area contributed by atoms with Crippen molar-refractivity contribution in [2.24, 2.45) is 7.05 Å². The van der Waals surface area contributed by atoms with E-state index in [0.717, 1.165) is 59.4 Å². The normalized spacial score (nSPS) is 15.8. The summed E-state index contributed by atoms with van der Waals surface area (Å²) in [7, 11) is 1.91. The lowest BCUT2D eigenvalue weighted by atomic mass is 10.1. The third-order valence-electron chi connectivity index (χ3n) is 5.00. The summed E-state index contributed by atoms with van der Waals surface area (Å²) < 4.78 is 8.09. The first-order valence-electron chi connectivity index (χ1n) is 8.90. The van der Waals surface area contributed by atoms with Crippen molar-refractivity contribution < 1.29 is 4.74 Å². The zero-order valence-electron chi connectivity index (χ0n) is 14.6. The molecule has 0 amide bonds. The van der Waals surface area contributed by atoms with E-state index in [2.05, 4.69) is 37.1 Å². The Labute approximate surface area is 150 Å². The molecule has 1 N–H and O–H groups in total. The van der Waals surface area contributed by atoms with Gasteiger partial charge in [-0.2, -0.15) is 5.10 Å². The maximum atomic E-state index is 6.31. The number of fused-ring (bicyclic) bond motifs is 2. The molecule has 3 aromatic heterocycles. The van der Waals surface area contributed by atoms with Crippen molar-refractivity contribution in [2.45, 2.75) is 18.9 Å². The van der Waals surface area contributed by atoms with Gasteiger partial charge in [0.25, 0.3) is 0 Å². The zero-order valence-corrected chi connectivity index (χ0v) is 14.6. The van der Waals surface area contributed by atoms with Crippen molar-refractivity contribution in [3.63, 3.8) is 0 Å². The van der Waals surface area contributed by atoms with Gasteiger partial charge in [-0.1, -0.05) is 6.07 Å². The number of anilines is 1. The van der Waals surface area contributed by atoms with Gasteiger partial charge in [0.05, 0.1) is 5.39 Å². The molecule has 0 saturated carbocycles. The Balaban J connectivity index is 1.32. The van der Waals surface area contributed by atoms with Crippen LogP contribution in [0, 0.1) is 0 Å². The molecule has 132 valence electrons. The summed E-state index contributed by atoms with van der Waals surface area (Å²) in [6.45, 7) is 1.82. The van der Waals surface area contributed by atoms with Crippen molar-refractivity contribution in [3.8, 4) is 5.75 Å². The fourth-order valence-electron chi connectivity index (χ4n) is 3.71. The van der Waals surface area contributed by atoms with E-state index in [-0.39, 0.29) is 6.10 Å². The molecule has 7 heteroatoms. The molecule has 1 fully saturated rings. The molecule has 0 atom stereocenters. The Morgan fingerprint density at radius 1 is 1.12 bits per heavy atom. The van der Waals surface area contributed by atoms with Crippen LogP contribution in [0.25, 0.3) is 21.9 Å². The average Bonchev–Trinajstić information content (AvgIpc) is 3.28. The number of aromatic nitrogens is 5. The zero-order chi connectivity index (χ0) is 17.5. The van der Waals surface area contributed by atoms with Gasteiger partial charge in [-0.05, 0) is 18.2 Å². The highest BCUT2D eigenvalue weighted by Crippen LogP contribution is 2.29. The first kappa shape index (κ1) is 15.2. The Kier molecular flexibility index (Phi) is 3.51. The minimum atomic E-state index is 0.220. The number of hydrogen-bond acceptors (Lipinski definition) is 5. The minimum Gasteiger partial charge on any atom is -0.490 e. The molecular formula is C19H20N6O. The topological polar surface area (TPSA) is 71.9 Å². The van der Waals surface area contributed by atoms with Crippen LogP contribution >= 0.6 is 0 Å². The standard InChI is InChI=1S/C19H20N6O/c1-24-11-15-18(23-24)21-12-22-19(15)25-9-6-13(7-10-25)26-17-4-2-3-16-14(17)5-8-20-16/h2-5,8,11-13,20H,6-7,9-10H2,1H3. The Morgan fingerprint density at radius 3 is 2.88 bits per heavy atom. The van der Waals surface area contributed by atoms with E-state index < -0.39 is 0 Å². The number of benzene rings is 1. The van der Waals surface area contributed by atoms with E-state index in [0.29, 0.717) is 0 Å². The van der Waals surface area contributed by atoms with Crippen molar-refractivity contribution >= 4 is 27.8 Å². The van der Waals surface area contributed by atoms with Gasteiger partial charge >= 0.3 is 0 Å². The van der Waals surface area contributed by atoms with Crippen LogP contribution in [-0.4, -0.2) is 43.9 Å². The van der Waals surface area contributed by atoms with Crippen LogP contribution in [0.5, 0.6) is 5.75 Å². The van der Waals surface area contributed by atoms with E-state index in [1.807, 2.05) is 31.6 Å². The van der Waals surface area contributed by atoms with Gasteiger partial charge in [-0.3, -0.25) is 4.68 Å². The van der Waals surface area contributed by atoms with Gasteiger partial charge < -0.3 is 14.6 Å². The lowest BCUT2D eigenvalue weighted by Gasteiger charge is -2.33. The second-order valence-electron chi connectivity index (χ2n) is 6.74. The van der Waals surface area contributed by atoms with Gasteiger partial charge in [0.1, 0.15) is 24.0 Å². The molecule has 0 aliphatic carbocycles. The van der Waals surface area contributed by atoms with Crippen molar-refractivity contribution in [1.29, 1.82) is 0 Å². The monoisotopic (exact) mass is 348 g/mol. The number of ether oxygens (including phenoxy) is 1. The molecule has 1 aliphatic rings. The van der Waals surface area contributed by atoms with E-state index in [9.17, 15) is 0 Å². The SMILES string of the molecule is Cn1cc2c(N3CCC(Oc4cccc5[nH]ccc45)CC3)ncnc2n1. The Hall–Kier alpha value is -3.09. The van der Waals surface area contributed by atoms with Gasteiger partial charge in [0.2, 0.25) is 0 Å². The Bertz CT molecular complexity index is 1060. The summed E-state index contributed by atoms with van der Waals surface area (Å²) in [6, 6.07) is 8.22. The third-order valence-corrected chi connectivity index (χ3v) is 5.00. The first-order valence-corrected chi connectivity index (χ1v) is 8.90. The van der Waals surface area contributed by atoms with Crippen LogP contribution in [0.15, 0.2) is 43.0 Å². The van der Waals surface area contributed by atoms with Crippen LogP contribution in [0.1, 0.15) is 12.8 Å². The molecule has 1 aromatic carbocycles. The highest BCUT2D eigenvalue weighted by atomic mass is 16.5. The molecule has 0 spiro atoms. The summed E-state index contributed by atoms with van der Waals surface area (Å²) >= 11 is 0. The number of nitrogens with zero attached hydrogens (tertiary/aromatic N) is 5. The Morgan fingerprint density at radius 2 is 2.00 bits per heavy atom. The quantitative estimate of drug-likeness (QED) is 0.616. The van der Waals surface area contributed by atoms with Crippen LogP contribution in [0.4, 0.5) is 5.82 Å². The molecule has 4 aromatic rings. The van der Waals surface area contributed by atoms with E-state index >= 15 is 0 Å². The number of piperidine rings is 1. The fraction of sp³-hybridized carbons (Fsp3) is 0.316. The average molecular weight is 348 g/mol. The summed E-state index contributed by atoms with van der Waals surface area (Å²) in [5.74, 6) is 1.92. The highest BCUT2D eigenvalue weighted by molar-refractivity contribution is 5.86. The minimum absolute atomic E-state index is 0.220. The van der Waals surface area contributed by atoms with E-state index in [1.54, 1.807) is 11.0 Å². The second kappa shape index (κ2) is 6.01. The first-order chi connectivity index (χ1) is 12.8. The number of rotatable bonds is 3. The van der Waals surface area contributed by atoms with Gasteiger partial charge in [-0.25, -0.2) is 9.97 Å². The van der Waals surface area contributed by atoms with Crippen LogP contribution in [0.3, 0.4) is 0 Å². The van der Waals surface area contributed by atoms with Crippen molar-refractivity contribution in [2.75, 3.05) is 18.0 Å². The lowest BCUT2D eigenvalue weighted by Crippen LogP contribution is -2.38. The number of nitrogens with one attached hydrogen (secondary N) is 1. The summed E-state index contributed by atoms with van der Waals surface area (Å²) in [5.41, 5.74) is 1.86. The molecular weight excluding hydrogens is 328 g/mol. The third kappa shape index (κ3) is 2.56. The lowest BCUT2D eigenvalue weighted by molar-refractivity contribution is 0.173. The summed E-state index contributed by atoms with van der Waals surface area (Å²) in [6.07, 6.45) is 7.69. The summed E-state index contributed by atoms with van der Waals surface area (Å²) in [4.78, 5) is 14.3. The molecule has 1 aliphatic heterocycles. The van der Waals surface area contributed by atoms with Gasteiger partial charge in [0, 0.05) is 56.3 Å². The van der Waals surface area contributed by atoms with E-state index in [4.69, 9.17) is 4.74 Å². The molecule has 0 bridgehead atoms. The number of hydrogen-bond donors (Lipinski definition) is 1. The molecule has 5 rings (SSSR count). The largest absolute Gasteiger partial charge is 0.490 e.